The van der Waals surface area contributed by atoms with E-state index in [1.807, 2.05) is 18.2 Å². The normalized spacial score (nSPS) is 12.1. The summed E-state index contributed by atoms with van der Waals surface area (Å²) in [5, 5.41) is 3.59. The number of hydrogen-bond acceptors (Lipinski definition) is 3. The minimum absolute atomic E-state index is 0.227. The SMILES string of the molecule is C#CC(C)NC(=O)c1sc2ccc(Br)cc2c1N. The number of nitrogens with one attached hydrogen (secondary N) is 1. The second-order valence-electron chi connectivity index (χ2n) is 3.85. The molecule has 0 fully saturated rings. The van der Waals surface area contributed by atoms with E-state index in [9.17, 15) is 4.79 Å². The first-order valence-corrected chi connectivity index (χ1v) is 6.88. The van der Waals surface area contributed by atoms with Gasteiger partial charge in [0, 0.05) is 14.6 Å². The summed E-state index contributed by atoms with van der Waals surface area (Å²) >= 11 is 4.75. The number of fused-ring (bicyclic) bond motifs is 1. The molecule has 3 N–H and O–H groups in total. The fraction of sp³-hybridized carbons (Fsp3) is 0.154. The van der Waals surface area contributed by atoms with Crippen LogP contribution < -0.4 is 11.1 Å². The Morgan fingerprint density at radius 1 is 1.61 bits per heavy atom. The molecule has 0 aliphatic carbocycles. The van der Waals surface area contributed by atoms with Crippen molar-refractivity contribution in [1.29, 1.82) is 0 Å². The molecule has 0 bridgehead atoms. The topological polar surface area (TPSA) is 55.1 Å². The zero-order chi connectivity index (χ0) is 13.3. The van der Waals surface area contributed by atoms with Gasteiger partial charge in [-0.3, -0.25) is 4.79 Å². The van der Waals surface area contributed by atoms with Crippen LogP contribution in [0, 0.1) is 12.3 Å². The highest BCUT2D eigenvalue weighted by Gasteiger charge is 2.17. The minimum Gasteiger partial charge on any atom is -0.397 e. The number of carbonyl (C=O) groups is 1. The maximum Gasteiger partial charge on any atom is 0.264 e. The number of nitrogens with two attached hydrogens (primary N) is 1. The fourth-order valence-electron chi connectivity index (χ4n) is 1.56. The van der Waals surface area contributed by atoms with Gasteiger partial charge in [-0.25, -0.2) is 0 Å². The van der Waals surface area contributed by atoms with Crippen LogP contribution in [0.25, 0.3) is 10.1 Å². The van der Waals surface area contributed by atoms with Crippen LogP contribution in [0.1, 0.15) is 16.6 Å². The van der Waals surface area contributed by atoms with Crippen LogP contribution in [0.2, 0.25) is 0 Å². The van der Waals surface area contributed by atoms with Crippen molar-refractivity contribution in [1.82, 2.24) is 5.32 Å². The highest BCUT2D eigenvalue weighted by atomic mass is 79.9. The smallest absolute Gasteiger partial charge is 0.264 e. The molecule has 2 aromatic rings. The summed E-state index contributed by atoms with van der Waals surface area (Å²) in [5.41, 5.74) is 6.50. The summed E-state index contributed by atoms with van der Waals surface area (Å²) in [6, 6.07) is 5.45. The minimum atomic E-state index is -0.311. The molecule has 92 valence electrons. The van der Waals surface area contributed by atoms with E-state index in [1.165, 1.54) is 11.3 Å². The molecule has 1 unspecified atom stereocenters. The molecule has 3 nitrogen and oxygen atoms in total. The zero-order valence-corrected chi connectivity index (χ0v) is 12.1. The number of carbonyl (C=O) groups excluding carboxylic acids is 1. The summed E-state index contributed by atoms with van der Waals surface area (Å²) in [5.74, 6) is 2.23. The number of benzene rings is 1. The lowest BCUT2D eigenvalue weighted by Crippen LogP contribution is -2.31. The number of hydrogen-bond donors (Lipinski definition) is 2. The Labute approximate surface area is 117 Å². The lowest BCUT2D eigenvalue weighted by atomic mass is 10.2. The number of nitrogen functional groups attached to an aromatic ring is 1. The third-order valence-electron chi connectivity index (χ3n) is 2.49. The number of amides is 1. The largest absolute Gasteiger partial charge is 0.397 e. The van der Waals surface area contributed by atoms with E-state index < -0.39 is 0 Å². The van der Waals surface area contributed by atoms with Crippen molar-refractivity contribution >= 4 is 48.9 Å². The number of terminal acetylenes is 1. The second-order valence-corrected chi connectivity index (χ2v) is 5.82. The van der Waals surface area contributed by atoms with Gasteiger partial charge >= 0.3 is 0 Å². The Morgan fingerprint density at radius 3 is 3.00 bits per heavy atom. The molecule has 1 aromatic carbocycles. The molecule has 5 heteroatoms. The first-order valence-electron chi connectivity index (χ1n) is 5.27. The summed E-state index contributed by atoms with van der Waals surface area (Å²) in [4.78, 5) is 12.5. The molecule has 1 aromatic heterocycles. The van der Waals surface area contributed by atoms with Gasteiger partial charge in [-0.05, 0) is 25.1 Å². The summed E-state index contributed by atoms with van der Waals surface area (Å²) in [6.07, 6.45) is 5.23. The number of halogens is 1. The van der Waals surface area contributed by atoms with Crippen molar-refractivity contribution in [2.24, 2.45) is 0 Å². The Kier molecular flexibility index (Phi) is 3.60. The molecule has 2 rings (SSSR count). The van der Waals surface area contributed by atoms with Crippen LogP contribution in [-0.2, 0) is 0 Å². The van der Waals surface area contributed by atoms with Crippen LogP contribution in [0.4, 0.5) is 5.69 Å². The van der Waals surface area contributed by atoms with Crippen LogP contribution in [0.15, 0.2) is 22.7 Å². The summed E-state index contributed by atoms with van der Waals surface area (Å²) < 4.78 is 1.91. The Morgan fingerprint density at radius 2 is 2.33 bits per heavy atom. The maximum absolute atomic E-state index is 12.0. The molecule has 0 spiro atoms. The standard InChI is InChI=1S/C13H11BrN2OS/c1-3-7(2)16-13(17)12-11(15)9-6-8(14)4-5-10(9)18-12/h1,4-7H,15H2,2H3,(H,16,17). The molecule has 18 heavy (non-hydrogen) atoms. The molecule has 0 saturated heterocycles. The molecule has 0 saturated carbocycles. The average Bonchev–Trinajstić information content (AvgIpc) is 2.66. The van der Waals surface area contributed by atoms with E-state index in [-0.39, 0.29) is 11.9 Å². The molecule has 0 aliphatic heterocycles. The van der Waals surface area contributed by atoms with Crippen LogP contribution in [0.3, 0.4) is 0 Å². The highest BCUT2D eigenvalue weighted by molar-refractivity contribution is 9.10. The van der Waals surface area contributed by atoms with E-state index in [2.05, 4.69) is 27.2 Å². The van der Waals surface area contributed by atoms with Gasteiger partial charge in [0.15, 0.2) is 0 Å². The van der Waals surface area contributed by atoms with Gasteiger partial charge in [-0.2, -0.15) is 0 Å². The van der Waals surface area contributed by atoms with Gasteiger partial charge in [-0.1, -0.05) is 21.9 Å². The molecular formula is C13H11BrN2OS. The van der Waals surface area contributed by atoms with E-state index in [0.717, 1.165) is 14.6 Å². The van der Waals surface area contributed by atoms with E-state index in [0.29, 0.717) is 10.6 Å². The van der Waals surface area contributed by atoms with E-state index in [4.69, 9.17) is 12.2 Å². The molecule has 1 amide bonds. The first-order chi connectivity index (χ1) is 8.52. The molecule has 0 radical (unpaired) electrons. The number of rotatable bonds is 2. The van der Waals surface area contributed by atoms with E-state index in [1.54, 1.807) is 6.92 Å². The molecule has 1 heterocycles. The third kappa shape index (κ3) is 2.35. The first kappa shape index (κ1) is 12.9. The highest BCUT2D eigenvalue weighted by Crippen LogP contribution is 2.35. The van der Waals surface area contributed by atoms with Gasteiger partial charge < -0.3 is 11.1 Å². The third-order valence-corrected chi connectivity index (χ3v) is 4.17. The Balaban J connectivity index is 2.43. The fourth-order valence-corrected chi connectivity index (χ4v) is 2.93. The average molecular weight is 323 g/mol. The predicted molar refractivity (Wildman–Crippen MR) is 79.7 cm³/mol. The lowest BCUT2D eigenvalue weighted by Gasteiger charge is -2.06. The van der Waals surface area contributed by atoms with Gasteiger partial charge in [0.1, 0.15) is 4.88 Å². The maximum atomic E-state index is 12.0. The van der Waals surface area contributed by atoms with Crippen LogP contribution in [0.5, 0.6) is 0 Å². The van der Waals surface area contributed by atoms with Crippen molar-refractivity contribution in [2.75, 3.05) is 5.73 Å². The Hall–Kier alpha value is -1.51. The van der Waals surface area contributed by atoms with Gasteiger partial charge in [0.05, 0.1) is 11.7 Å². The lowest BCUT2D eigenvalue weighted by molar-refractivity contribution is 0.0953. The predicted octanol–water partition coefficient (Wildman–Crippen LogP) is 3.00. The summed E-state index contributed by atoms with van der Waals surface area (Å²) in [7, 11) is 0. The van der Waals surface area contributed by atoms with Crippen LogP contribution >= 0.6 is 27.3 Å². The monoisotopic (exact) mass is 322 g/mol. The van der Waals surface area contributed by atoms with Crippen molar-refractivity contribution in [3.05, 3.63) is 27.5 Å². The second kappa shape index (κ2) is 5.01. The molecule has 0 aliphatic rings. The zero-order valence-electron chi connectivity index (χ0n) is 9.66. The molecular weight excluding hydrogens is 312 g/mol. The number of anilines is 1. The van der Waals surface area contributed by atoms with Crippen molar-refractivity contribution < 1.29 is 4.79 Å². The van der Waals surface area contributed by atoms with Gasteiger partial charge in [0.2, 0.25) is 0 Å². The van der Waals surface area contributed by atoms with E-state index >= 15 is 0 Å². The summed E-state index contributed by atoms with van der Waals surface area (Å²) in [6.45, 7) is 1.75. The van der Waals surface area contributed by atoms with Gasteiger partial charge in [-0.15, -0.1) is 17.8 Å². The van der Waals surface area contributed by atoms with Crippen LogP contribution in [-0.4, -0.2) is 11.9 Å². The van der Waals surface area contributed by atoms with Gasteiger partial charge in [0.25, 0.3) is 5.91 Å². The van der Waals surface area contributed by atoms with Crippen molar-refractivity contribution in [3.8, 4) is 12.3 Å². The quantitative estimate of drug-likeness (QED) is 0.835. The van der Waals surface area contributed by atoms with Crippen molar-refractivity contribution in [3.63, 3.8) is 0 Å². The molecule has 1 atom stereocenters. The Bertz CT molecular complexity index is 657. The number of thiophene rings is 1. The van der Waals surface area contributed by atoms with Crippen molar-refractivity contribution in [2.45, 2.75) is 13.0 Å².